The Hall–Kier alpha value is -1.51. The van der Waals surface area contributed by atoms with E-state index in [9.17, 15) is 4.79 Å². The van der Waals surface area contributed by atoms with Gasteiger partial charge in [-0.05, 0) is 31.4 Å². The van der Waals surface area contributed by atoms with Crippen molar-refractivity contribution in [2.24, 2.45) is 5.92 Å². The van der Waals surface area contributed by atoms with E-state index >= 15 is 0 Å². The molecule has 0 aliphatic heterocycles. The van der Waals surface area contributed by atoms with E-state index in [1.807, 2.05) is 31.2 Å². The van der Waals surface area contributed by atoms with Gasteiger partial charge in [0.15, 0.2) is 0 Å². The molecule has 1 saturated carbocycles. The zero-order valence-electron chi connectivity index (χ0n) is 9.16. The smallest absolute Gasteiger partial charge is 0.243 e. The summed E-state index contributed by atoms with van der Waals surface area (Å²) in [6.45, 7) is 2.03. The maximum absolute atomic E-state index is 11.7. The molecule has 0 radical (unpaired) electrons. The number of hydrogen-bond donors (Lipinski definition) is 1. The van der Waals surface area contributed by atoms with Crippen molar-refractivity contribution in [3.63, 3.8) is 0 Å². The molecule has 0 heterocycles. The lowest BCUT2D eigenvalue weighted by Crippen LogP contribution is -2.33. The van der Waals surface area contributed by atoms with E-state index < -0.39 is 0 Å². The third kappa shape index (κ3) is 2.29. The van der Waals surface area contributed by atoms with Crippen LogP contribution in [0.4, 0.5) is 5.69 Å². The van der Waals surface area contributed by atoms with E-state index in [0.29, 0.717) is 0 Å². The average molecular weight is 204 g/mol. The lowest BCUT2D eigenvalue weighted by Gasteiger charge is -2.20. The number of hydrogen-bond acceptors (Lipinski definition) is 2. The van der Waals surface area contributed by atoms with Gasteiger partial charge in [0.1, 0.15) is 0 Å². The molecule has 1 amide bonds. The largest absolute Gasteiger partial charge is 0.296 e. The van der Waals surface area contributed by atoms with Crippen molar-refractivity contribution in [2.45, 2.75) is 19.8 Å². The van der Waals surface area contributed by atoms with Crippen LogP contribution < -0.4 is 5.43 Å². The molecule has 1 aliphatic rings. The molecule has 3 heteroatoms. The zero-order valence-corrected chi connectivity index (χ0v) is 9.16. The summed E-state index contributed by atoms with van der Waals surface area (Å²) in [6.07, 6.45) is 2.08. The zero-order chi connectivity index (χ0) is 10.8. The third-order valence-corrected chi connectivity index (χ3v) is 2.69. The number of carbonyl (C=O) groups is 1. The van der Waals surface area contributed by atoms with Gasteiger partial charge in [-0.2, -0.15) is 0 Å². The Balaban J connectivity index is 2.01. The highest BCUT2D eigenvalue weighted by Gasteiger charge is 2.32. The lowest BCUT2D eigenvalue weighted by atomic mass is 10.2. The van der Waals surface area contributed by atoms with Gasteiger partial charge in [-0.1, -0.05) is 18.2 Å². The van der Waals surface area contributed by atoms with Gasteiger partial charge in [-0.15, -0.1) is 0 Å². The Bertz CT molecular complexity index is 372. The molecule has 0 aromatic heterocycles. The molecule has 1 aliphatic carbocycles. The summed E-state index contributed by atoms with van der Waals surface area (Å²) in [5.41, 5.74) is 5.26. The number of aryl methyl sites for hydroxylation is 1. The predicted molar refractivity (Wildman–Crippen MR) is 60.3 cm³/mol. The van der Waals surface area contributed by atoms with E-state index in [0.717, 1.165) is 24.1 Å². The molecule has 0 spiro atoms. The molecule has 1 aromatic carbocycles. The number of para-hydroxylation sites is 1. The van der Waals surface area contributed by atoms with Gasteiger partial charge in [0.05, 0.1) is 5.69 Å². The predicted octanol–water partition coefficient (Wildman–Crippen LogP) is 2.19. The quantitative estimate of drug-likeness (QED) is 0.765. The number of benzene rings is 1. The van der Waals surface area contributed by atoms with Crippen molar-refractivity contribution in [1.82, 2.24) is 5.01 Å². The molecule has 1 N–H and O–H groups in total. The van der Waals surface area contributed by atoms with Gasteiger partial charge >= 0.3 is 0 Å². The molecule has 0 saturated heterocycles. The fourth-order valence-corrected chi connectivity index (χ4v) is 1.54. The van der Waals surface area contributed by atoms with Crippen LogP contribution in [0.3, 0.4) is 0 Å². The first-order valence-electron chi connectivity index (χ1n) is 5.28. The SMILES string of the molecule is Cc1ccccc1NN(C)C(=O)C1CC1. The molecule has 3 nitrogen and oxygen atoms in total. The molecular weight excluding hydrogens is 188 g/mol. The van der Waals surface area contributed by atoms with Gasteiger partial charge in [0, 0.05) is 13.0 Å². The highest BCUT2D eigenvalue weighted by molar-refractivity contribution is 5.82. The monoisotopic (exact) mass is 204 g/mol. The van der Waals surface area contributed by atoms with Gasteiger partial charge in [0.25, 0.3) is 0 Å². The van der Waals surface area contributed by atoms with Crippen LogP contribution in [-0.2, 0) is 4.79 Å². The summed E-state index contributed by atoms with van der Waals surface area (Å²) in [5.74, 6) is 0.449. The summed E-state index contributed by atoms with van der Waals surface area (Å²) in [6, 6.07) is 7.96. The van der Waals surface area contributed by atoms with Crippen molar-refractivity contribution in [3.05, 3.63) is 29.8 Å². The lowest BCUT2D eigenvalue weighted by molar-refractivity contribution is -0.130. The summed E-state index contributed by atoms with van der Waals surface area (Å²) in [5, 5.41) is 1.60. The number of rotatable bonds is 3. The van der Waals surface area contributed by atoms with Crippen molar-refractivity contribution >= 4 is 11.6 Å². The van der Waals surface area contributed by atoms with E-state index in [-0.39, 0.29) is 11.8 Å². The Morgan fingerprint density at radius 3 is 2.67 bits per heavy atom. The summed E-state index contributed by atoms with van der Waals surface area (Å²) in [7, 11) is 1.78. The Morgan fingerprint density at radius 1 is 1.40 bits per heavy atom. The van der Waals surface area contributed by atoms with Crippen LogP contribution in [0.15, 0.2) is 24.3 Å². The van der Waals surface area contributed by atoms with Gasteiger partial charge in [-0.3, -0.25) is 15.2 Å². The standard InChI is InChI=1S/C12H16N2O/c1-9-5-3-4-6-11(9)13-14(2)12(15)10-7-8-10/h3-6,10,13H,7-8H2,1-2H3. The highest BCUT2D eigenvalue weighted by Crippen LogP contribution is 2.30. The van der Waals surface area contributed by atoms with Crippen molar-refractivity contribution in [2.75, 3.05) is 12.5 Å². The number of nitrogens with zero attached hydrogens (tertiary/aromatic N) is 1. The van der Waals surface area contributed by atoms with Crippen molar-refractivity contribution < 1.29 is 4.79 Å². The first-order valence-corrected chi connectivity index (χ1v) is 5.28. The Morgan fingerprint density at radius 2 is 2.07 bits per heavy atom. The fourth-order valence-electron chi connectivity index (χ4n) is 1.54. The van der Waals surface area contributed by atoms with E-state index in [1.54, 1.807) is 12.1 Å². The maximum Gasteiger partial charge on any atom is 0.243 e. The second-order valence-corrected chi connectivity index (χ2v) is 4.10. The Labute approximate surface area is 90.1 Å². The molecule has 80 valence electrons. The van der Waals surface area contributed by atoms with E-state index in [2.05, 4.69) is 5.43 Å². The van der Waals surface area contributed by atoms with Crippen molar-refractivity contribution in [3.8, 4) is 0 Å². The summed E-state index contributed by atoms with van der Waals surface area (Å²) in [4.78, 5) is 11.7. The second kappa shape index (κ2) is 3.93. The average Bonchev–Trinajstić information content (AvgIpc) is 3.04. The second-order valence-electron chi connectivity index (χ2n) is 4.10. The molecule has 15 heavy (non-hydrogen) atoms. The van der Waals surface area contributed by atoms with Crippen LogP contribution in [-0.4, -0.2) is 18.0 Å². The highest BCUT2D eigenvalue weighted by atomic mass is 16.2. The maximum atomic E-state index is 11.7. The number of anilines is 1. The van der Waals surface area contributed by atoms with Gasteiger partial charge in [-0.25, -0.2) is 0 Å². The van der Waals surface area contributed by atoms with Crippen LogP contribution in [0.25, 0.3) is 0 Å². The van der Waals surface area contributed by atoms with Crippen molar-refractivity contribution in [1.29, 1.82) is 0 Å². The molecular formula is C12H16N2O. The molecule has 2 rings (SSSR count). The van der Waals surface area contributed by atoms with Crippen LogP contribution >= 0.6 is 0 Å². The molecule has 1 fully saturated rings. The number of nitrogens with one attached hydrogen (secondary N) is 1. The van der Waals surface area contributed by atoms with Crippen LogP contribution in [0, 0.1) is 12.8 Å². The Kier molecular flexibility index (Phi) is 2.62. The number of hydrazine groups is 1. The van der Waals surface area contributed by atoms with Crippen LogP contribution in [0.5, 0.6) is 0 Å². The minimum Gasteiger partial charge on any atom is -0.296 e. The molecule has 0 bridgehead atoms. The number of amides is 1. The van der Waals surface area contributed by atoms with E-state index in [1.165, 1.54) is 0 Å². The first-order chi connectivity index (χ1) is 7.18. The third-order valence-electron chi connectivity index (χ3n) is 2.69. The molecule has 0 atom stereocenters. The summed E-state index contributed by atoms with van der Waals surface area (Å²) < 4.78 is 0. The normalized spacial score (nSPS) is 14.8. The van der Waals surface area contributed by atoms with Crippen LogP contribution in [0.2, 0.25) is 0 Å². The summed E-state index contributed by atoms with van der Waals surface area (Å²) >= 11 is 0. The molecule has 0 unspecified atom stereocenters. The number of carbonyl (C=O) groups excluding carboxylic acids is 1. The minimum absolute atomic E-state index is 0.193. The van der Waals surface area contributed by atoms with Gasteiger partial charge in [0.2, 0.25) is 5.91 Å². The minimum atomic E-state index is 0.193. The van der Waals surface area contributed by atoms with E-state index in [4.69, 9.17) is 0 Å². The van der Waals surface area contributed by atoms with Gasteiger partial charge < -0.3 is 0 Å². The fraction of sp³-hybridized carbons (Fsp3) is 0.417. The first kappa shape index (κ1) is 10.0. The van der Waals surface area contributed by atoms with Crippen LogP contribution in [0.1, 0.15) is 18.4 Å². The topological polar surface area (TPSA) is 32.3 Å². The molecule has 1 aromatic rings.